The van der Waals surface area contributed by atoms with Gasteiger partial charge in [0, 0.05) is 23.1 Å². The Morgan fingerprint density at radius 2 is 1.94 bits per heavy atom. The van der Waals surface area contributed by atoms with Crippen molar-refractivity contribution in [3.8, 4) is 22.7 Å². The molecule has 0 aliphatic heterocycles. The van der Waals surface area contributed by atoms with E-state index in [1.807, 2.05) is 12.1 Å². The van der Waals surface area contributed by atoms with Crippen LogP contribution in [0.4, 0.5) is 11.6 Å². The highest BCUT2D eigenvalue weighted by Crippen LogP contribution is 2.28. The molecule has 2 aromatic carbocycles. The lowest BCUT2D eigenvalue weighted by atomic mass is 10.0. The molecular weight excluding hydrogens is 410 g/mol. The van der Waals surface area contributed by atoms with Crippen LogP contribution in [-0.4, -0.2) is 25.8 Å². The molecule has 0 saturated heterocycles. The van der Waals surface area contributed by atoms with Crippen molar-refractivity contribution < 1.29 is 14.1 Å². The van der Waals surface area contributed by atoms with Crippen molar-refractivity contribution in [1.29, 1.82) is 0 Å². The zero-order chi connectivity index (χ0) is 22.1. The standard InChI is InChI=1S/C23H15N5O4/c29-22(27-23-24-13-20(26-23)21-9-4-10-32-21)17-12-19(25-18-8-2-1-7-16(17)18)14-5-3-6-15(11-14)28(30)31/h1-13H,(H2,24,26,27,29). The van der Waals surface area contributed by atoms with Crippen LogP contribution in [0.15, 0.2) is 83.6 Å². The third-order valence-electron chi connectivity index (χ3n) is 4.91. The van der Waals surface area contributed by atoms with Crippen LogP contribution in [0.1, 0.15) is 10.4 Å². The van der Waals surface area contributed by atoms with Crippen molar-refractivity contribution in [3.05, 3.63) is 94.9 Å². The van der Waals surface area contributed by atoms with Crippen molar-refractivity contribution in [2.45, 2.75) is 0 Å². The second-order valence-electron chi connectivity index (χ2n) is 6.96. The van der Waals surface area contributed by atoms with E-state index in [0.29, 0.717) is 39.2 Å². The van der Waals surface area contributed by atoms with Crippen LogP contribution >= 0.6 is 0 Å². The molecule has 3 heterocycles. The fourth-order valence-electron chi connectivity index (χ4n) is 3.41. The van der Waals surface area contributed by atoms with Crippen LogP contribution < -0.4 is 5.32 Å². The normalized spacial score (nSPS) is 10.9. The number of amides is 1. The SMILES string of the molecule is O=C(Nc1ncc(-c2ccco2)[nH]1)c1cc(-c2cccc([N+](=O)[O-])c2)nc2ccccc12. The van der Waals surface area contributed by atoms with Crippen molar-refractivity contribution in [2.24, 2.45) is 0 Å². The molecule has 9 nitrogen and oxygen atoms in total. The average molecular weight is 425 g/mol. The number of nitro benzene ring substituents is 1. The van der Waals surface area contributed by atoms with Gasteiger partial charge in [0.1, 0.15) is 5.69 Å². The van der Waals surface area contributed by atoms with Gasteiger partial charge < -0.3 is 9.40 Å². The van der Waals surface area contributed by atoms with Gasteiger partial charge in [-0.3, -0.25) is 20.2 Å². The van der Waals surface area contributed by atoms with Gasteiger partial charge >= 0.3 is 0 Å². The van der Waals surface area contributed by atoms with Crippen LogP contribution in [0.2, 0.25) is 0 Å². The number of furan rings is 1. The Kier molecular flexibility index (Phi) is 4.68. The number of anilines is 1. The maximum absolute atomic E-state index is 13.2. The van der Waals surface area contributed by atoms with Crippen LogP contribution in [-0.2, 0) is 0 Å². The Balaban J connectivity index is 1.53. The van der Waals surface area contributed by atoms with E-state index in [-0.39, 0.29) is 11.6 Å². The molecule has 9 heteroatoms. The van der Waals surface area contributed by atoms with Crippen molar-refractivity contribution in [2.75, 3.05) is 5.32 Å². The van der Waals surface area contributed by atoms with Gasteiger partial charge in [-0.05, 0) is 24.3 Å². The molecular formula is C23H15N5O4. The smallest absolute Gasteiger partial charge is 0.270 e. The zero-order valence-corrected chi connectivity index (χ0v) is 16.5. The summed E-state index contributed by atoms with van der Waals surface area (Å²) < 4.78 is 5.33. The number of pyridine rings is 1. The number of para-hydroxylation sites is 1. The number of imidazole rings is 1. The second kappa shape index (κ2) is 7.80. The number of aromatic nitrogens is 3. The van der Waals surface area contributed by atoms with E-state index in [0.717, 1.165) is 0 Å². The molecule has 32 heavy (non-hydrogen) atoms. The third kappa shape index (κ3) is 3.58. The fraction of sp³-hybridized carbons (Fsp3) is 0. The largest absolute Gasteiger partial charge is 0.463 e. The highest BCUT2D eigenvalue weighted by Gasteiger charge is 2.17. The number of benzene rings is 2. The molecule has 0 saturated carbocycles. The molecule has 5 aromatic rings. The number of nitrogens with zero attached hydrogens (tertiary/aromatic N) is 3. The second-order valence-corrected chi connectivity index (χ2v) is 6.96. The zero-order valence-electron chi connectivity index (χ0n) is 16.5. The highest BCUT2D eigenvalue weighted by atomic mass is 16.6. The summed E-state index contributed by atoms with van der Waals surface area (Å²) in [5.74, 6) is 0.468. The molecule has 3 aromatic heterocycles. The Hall–Kier alpha value is -4.79. The molecule has 156 valence electrons. The summed E-state index contributed by atoms with van der Waals surface area (Å²) >= 11 is 0. The summed E-state index contributed by atoms with van der Waals surface area (Å²) in [6.07, 6.45) is 3.11. The van der Waals surface area contributed by atoms with Crippen LogP contribution in [0, 0.1) is 10.1 Å². The minimum atomic E-state index is -0.467. The molecule has 0 atom stereocenters. The predicted octanol–water partition coefficient (Wildman–Crippen LogP) is 5.05. The number of rotatable bonds is 5. The monoisotopic (exact) mass is 425 g/mol. The van der Waals surface area contributed by atoms with E-state index in [1.165, 1.54) is 12.1 Å². The molecule has 5 rings (SSSR count). The summed E-state index contributed by atoms with van der Waals surface area (Å²) in [4.78, 5) is 35.6. The predicted molar refractivity (Wildman–Crippen MR) is 118 cm³/mol. The molecule has 2 N–H and O–H groups in total. The summed E-state index contributed by atoms with van der Waals surface area (Å²) in [6.45, 7) is 0. The van der Waals surface area contributed by atoms with Gasteiger partial charge in [-0.1, -0.05) is 30.3 Å². The summed E-state index contributed by atoms with van der Waals surface area (Å²) in [5.41, 5.74) is 2.53. The van der Waals surface area contributed by atoms with Gasteiger partial charge in [0.25, 0.3) is 11.6 Å². The minimum absolute atomic E-state index is 0.0514. The number of carbonyl (C=O) groups excluding carboxylic acids is 1. The number of aromatic amines is 1. The number of hydrogen-bond acceptors (Lipinski definition) is 6. The first kappa shape index (κ1) is 19.2. The summed E-state index contributed by atoms with van der Waals surface area (Å²) in [6, 6.07) is 18.5. The van der Waals surface area contributed by atoms with Crippen molar-refractivity contribution >= 4 is 28.4 Å². The maximum atomic E-state index is 13.2. The van der Waals surface area contributed by atoms with Gasteiger partial charge in [-0.2, -0.15) is 0 Å². The lowest BCUT2D eigenvalue weighted by Crippen LogP contribution is -2.14. The van der Waals surface area contributed by atoms with Crippen molar-refractivity contribution in [1.82, 2.24) is 15.0 Å². The number of non-ortho nitro benzene ring substituents is 1. The molecule has 0 unspecified atom stereocenters. The molecule has 0 aliphatic carbocycles. The van der Waals surface area contributed by atoms with Gasteiger partial charge in [0.05, 0.1) is 34.2 Å². The van der Waals surface area contributed by atoms with E-state index in [9.17, 15) is 14.9 Å². The molecule has 0 aliphatic rings. The summed E-state index contributed by atoms with van der Waals surface area (Å²) in [7, 11) is 0. The Morgan fingerprint density at radius 3 is 2.75 bits per heavy atom. The van der Waals surface area contributed by atoms with Crippen LogP contribution in [0.3, 0.4) is 0 Å². The summed E-state index contributed by atoms with van der Waals surface area (Å²) in [5, 5.41) is 14.6. The van der Waals surface area contributed by atoms with Gasteiger partial charge in [-0.15, -0.1) is 0 Å². The number of nitrogens with one attached hydrogen (secondary N) is 2. The van der Waals surface area contributed by atoms with Crippen LogP contribution in [0.5, 0.6) is 0 Å². The number of carbonyl (C=O) groups is 1. The molecule has 0 radical (unpaired) electrons. The number of hydrogen-bond donors (Lipinski definition) is 2. The Labute approximate surface area is 180 Å². The maximum Gasteiger partial charge on any atom is 0.270 e. The first-order valence-electron chi connectivity index (χ1n) is 9.63. The first-order valence-corrected chi connectivity index (χ1v) is 9.63. The van der Waals surface area contributed by atoms with Gasteiger partial charge in [0.15, 0.2) is 5.76 Å². The van der Waals surface area contributed by atoms with Gasteiger partial charge in [-0.25, -0.2) is 9.97 Å². The third-order valence-corrected chi connectivity index (χ3v) is 4.91. The first-order chi connectivity index (χ1) is 15.6. The van der Waals surface area contributed by atoms with E-state index >= 15 is 0 Å². The van der Waals surface area contributed by atoms with E-state index in [1.54, 1.807) is 54.9 Å². The van der Waals surface area contributed by atoms with Crippen molar-refractivity contribution in [3.63, 3.8) is 0 Å². The molecule has 0 bridgehead atoms. The van der Waals surface area contributed by atoms with Gasteiger partial charge in [0.2, 0.25) is 5.95 Å². The van der Waals surface area contributed by atoms with E-state index in [4.69, 9.17) is 4.42 Å². The van der Waals surface area contributed by atoms with E-state index < -0.39 is 10.8 Å². The van der Waals surface area contributed by atoms with Crippen LogP contribution in [0.25, 0.3) is 33.6 Å². The quantitative estimate of drug-likeness (QED) is 0.300. The minimum Gasteiger partial charge on any atom is -0.463 e. The van der Waals surface area contributed by atoms with E-state index in [2.05, 4.69) is 20.3 Å². The fourth-order valence-corrected chi connectivity index (χ4v) is 3.41. The molecule has 1 amide bonds. The Bertz CT molecular complexity index is 1460. The number of fused-ring (bicyclic) bond motifs is 1. The lowest BCUT2D eigenvalue weighted by Gasteiger charge is -2.10. The molecule has 0 fully saturated rings. The molecule has 0 spiro atoms. The highest BCUT2D eigenvalue weighted by molar-refractivity contribution is 6.12. The number of nitro groups is 1. The average Bonchev–Trinajstić information content (AvgIpc) is 3.50. The Morgan fingerprint density at radius 1 is 1.06 bits per heavy atom. The topological polar surface area (TPSA) is 127 Å². The number of H-pyrrole nitrogens is 1. The lowest BCUT2D eigenvalue weighted by molar-refractivity contribution is -0.384.